The van der Waals surface area contributed by atoms with E-state index in [-0.39, 0.29) is 12.5 Å². The van der Waals surface area contributed by atoms with Crippen LogP contribution in [0.5, 0.6) is 0 Å². The van der Waals surface area contributed by atoms with Crippen LogP contribution in [-0.4, -0.2) is 29.0 Å². The number of imidazole rings is 1. The molecule has 19 heavy (non-hydrogen) atoms. The number of aromatic nitrogens is 2. The van der Waals surface area contributed by atoms with Crippen molar-refractivity contribution in [1.29, 1.82) is 0 Å². The van der Waals surface area contributed by atoms with Crippen LogP contribution < -0.4 is 11.1 Å². The van der Waals surface area contributed by atoms with Crippen molar-refractivity contribution in [3.63, 3.8) is 0 Å². The zero-order valence-corrected chi connectivity index (χ0v) is 11.1. The highest BCUT2D eigenvalue weighted by Crippen LogP contribution is 2.15. The summed E-state index contributed by atoms with van der Waals surface area (Å²) >= 11 is 1.38. The molecule has 0 atom stereocenters. The molecule has 0 saturated carbocycles. The van der Waals surface area contributed by atoms with E-state index >= 15 is 0 Å². The molecule has 1 amide bonds. The molecule has 0 bridgehead atoms. The zero-order chi connectivity index (χ0) is 13.5. The first-order valence-electron chi connectivity index (χ1n) is 5.83. The summed E-state index contributed by atoms with van der Waals surface area (Å²) in [4.78, 5) is 19.5. The van der Waals surface area contributed by atoms with E-state index in [2.05, 4.69) is 27.1 Å². The highest BCUT2D eigenvalue weighted by Gasteiger charge is 2.11. The van der Waals surface area contributed by atoms with Crippen LogP contribution in [0.3, 0.4) is 0 Å². The number of nitrogens with two attached hydrogens (primary N) is 1. The average Bonchev–Trinajstić information content (AvgIpc) is 3.07. The van der Waals surface area contributed by atoms with Gasteiger partial charge in [-0.2, -0.15) is 0 Å². The Bertz CT molecular complexity index is 592. The topological polar surface area (TPSA) is 83.8 Å². The number of H-pyrrole nitrogens is 1. The fourth-order valence-corrected chi connectivity index (χ4v) is 2.31. The maximum Gasteiger partial charge on any atom is 0.262 e. The summed E-state index contributed by atoms with van der Waals surface area (Å²) in [6.07, 6.45) is 4.09. The molecule has 0 aliphatic rings. The fourth-order valence-electron chi connectivity index (χ4n) is 1.54. The Kier molecular flexibility index (Phi) is 4.72. The molecule has 2 rings (SSSR count). The minimum absolute atomic E-state index is 0.101. The Balaban J connectivity index is 1.91. The van der Waals surface area contributed by atoms with E-state index in [0.717, 1.165) is 17.7 Å². The maximum absolute atomic E-state index is 12.0. The summed E-state index contributed by atoms with van der Waals surface area (Å²) in [5.74, 6) is 5.55. The second-order valence-electron chi connectivity index (χ2n) is 3.75. The molecule has 6 heteroatoms. The fraction of sp³-hybridized carbons (Fsp3) is 0.231. The molecule has 4 N–H and O–H groups in total. The molecule has 2 aromatic heterocycles. The van der Waals surface area contributed by atoms with Crippen LogP contribution in [0.1, 0.15) is 20.9 Å². The summed E-state index contributed by atoms with van der Waals surface area (Å²) < 4.78 is 0. The Morgan fingerprint density at radius 2 is 2.47 bits per heavy atom. The van der Waals surface area contributed by atoms with Crippen molar-refractivity contribution < 1.29 is 4.79 Å². The van der Waals surface area contributed by atoms with Crippen LogP contribution in [-0.2, 0) is 6.42 Å². The molecule has 0 spiro atoms. The second-order valence-corrected chi connectivity index (χ2v) is 4.67. The minimum atomic E-state index is -0.101. The number of aromatic amines is 1. The highest BCUT2D eigenvalue weighted by atomic mass is 32.1. The molecule has 0 radical (unpaired) electrons. The Morgan fingerprint density at radius 3 is 3.21 bits per heavy atom. The first-order chi connectivity index (χ1) is 9.31. The van der Waals surface area contributed by atoms with Gasteiger partial charge >= 0.3 is 0 Å². The van der Waals surface area contributed by atoms with Gasteiger partial charge in [-0.1, -0.05) is 11.8 Å². The lowest BCUT2D eigenvalue weighted by atomic mass is 10.2. The molecular formula is C13H14N4OS. The first-order valence-corrected chi connectivity index (χ1v) is 6.71. The van der Waals surface area contributed by atoms with Crippen molar-refractivity contribution in [2.45, 2.75) is 6.42 Å². The van der Waals surface area contributed by atoms with Gasteiger partial charge in [0.1, 0.15) is 4.88 Å². The van der Waals surface area contributed by atoms with Gasteiger partial charge in [0.2, 0.25) is 0 Å². The molecule has 0 unspecified atom stereocenters. The predicted octanol–water partition coefficient (Wildman–Crippen LogP) is 0.754. The number of nitrogens with zero attached hydrogens (tertiary/aromatic N) is 1. The van der Waals surface area contributed by atoms with E-state index in [1.165, 1.54) is 11.3 Å². The van der Waals surface area contributed by atoms with Crippen LogP contribution in [0.15, 0.2) is 24.0 Å². The largest absolute Gasteiger partial charge is 0.351 e. The van der Waals surface area contributed by atoms with Gasteiger partial charge in [-0.3, -0.25) is 4.79 Å². The number of amides is 1. The highest BCUT2D eigenvalue weighted by molar-refractivity contribution is 7.12. The van der Waals surface area contributed by atoms with Crippen molar-refractivity contribution in [2.24, 2.45) is 5.73 Å². The Labute approximate surface area is 115 Å². The van der Waals surface area contributed by atoms with Crippen LogP contribution in [0.4, 0.5) is 0 Å². The monoisotopic (exact) mass is 274 g/mol. The molecule has 5 nitrogen and oxygen atoms in total. The molecule has 0 aliphatic carbocycles. The maximum atomic E-state index is 12.0. The number of nitrogens with one attached hydrogen (secondary N) is 2. The lowest BCUT2D eigenvalue weighted by Crippen LogP contribution is -2.25. The van der Waals surface area contributed by atoms with Gasteiger partial charge in [-0.05, 0) is 11.4 Å². The second kappa shape index (κ2) is 6.73. The SMILES string of the molecule is NCC#Cc1ccsc1C(=O)NCCc1cnc[nH]1. The van der Waals surface area contributed by atoms with Crippen molar-refractivity contribution in [3.05, 3.63) is 40.1 Å². The lowest BCUT2D eigenvalue weighted by molar-refractivity contribution is 0.0958. The molecule has 0 fully saturated rings. The minimum Gasteiger partial charge on any atom is -0.351 e. The lowest BCUT2D eigenvalue weighted by Gasteiger charge is -2.02. The molecule has 2 heterocycles. The van der Waals surface area contributed by atoms with Gasteiger partial charge in [-0.15, -0.1) is 11.3 Å². The average molecular weight is 274 g/mol. The molecule has 0 saturated heterocycles. The van der Waals surface area contributed by atoms with Crippen LogP contribution in [0.2, 0.25) is 0 Å². The standard InChI is InChI=1S/C13H14N4OS/c14-5-1-2-10-4-7-19-12(10)13(18)16-6-3-11-8-15-9-17-11/h4,7-9H,3,5-6,14H2,(H,15,17)(H,16,18). The zero-order valence-electron chi connectivity index (χ0n) is 10.3. The van der Waals surface area contributed by atoms with Crippen LogP contribution in [0.25, 0.3) is 0 Å². The number of thiophene rings is 1. The summed E-state index contributed by atoms with van der Waals surface area (Å²) in [7, 11) is 0. The summed E-state index contributed by atoms with van der Waals surface area (Å²) in [6.45, 7) is 0.847. The number of rotatable bonds is 4. The van der Waals surface area contributed by atoms with E-state index in [0.29, 0.717) is 11.4 Å². The molecule has 98 valence electrons. The van der Waals surface area contributed by atoms with E-state index in [9.17, 15) is 4.79 Å². The van der Waals surface area contributed by atoms with Crippen LogP contribution >= 0.6 is 11.3 Å². The van der Waals surface area contributed by atoms with Gasteiger partial charge in [0, 0.05) is 30.4 Å². The molecule has 2 aromatic rings. The summed E-state index contributed by atoms with van der Waals surface area (Å²) in [6, 6.07) is 1.83. The van der Waals surface area contributed by atoms with E-state index in [1.54, 1.807) is 12.5 Å². The van der Waals surface area contributed by atoms with Gasteiger partial charge in [0.15, 0.2) is 0 Å². The van der Waals surface area contributed by atoms with Crippen molar-refractivity contribution in [3.8, 4) is 11.8 Å². The quantitative estimate of drug-likeness (QED) is 0.719. The number of hydrogen-bond donors (Lipinski definition) is 3. The predicted molar refractivity (Wildman–Crippen MR) is 74.9 cm³/mol. The summed E-state index contributed by atoms with van der Waals surface area (Å²) in [5.41, 5.74) is 7.05. The molecular weight excluding hydrogens is 260 g/mol. The van der Waals surface area contributed by atoms with Gasteiger partial charge < -0.3 is 16.0 Å². The third-order valence-electron chi connectivity index (χ3n) is 2.43. The Hall–Kier alpha value is -2.10. The van der Waals surface area contributed by atoms with Gasteiger partial charge in [0.05, 0.1) is 12.9 Å². The first kappa shape index (κ1) is 13.3. The van der Waals surface area contributed by atoms with Crippen molar-refractivity contribution in [2.75, 3.05) is 13.1 Å². The van der Waals surface area contributed by atoms with Crippen molar-refractivity contribution in [1.82, 2.24) is 15.3 Å². The number of carbonyl (C=O) groups is 1. The Morgan fingerprint density at radius 1 is 1.58 bits per heavy atom. The van der Waals surface area contributed by atoms with Crippen LogP contribution in [0, 0.1) is 11.8 Å². The molecule has 0 aliphatic heterocycles. The van der Waals surface area contributed by atoms with E-state index in [1.807, 2.05) is 11.4 Å². The number of carbonyl (C=O) groups excluding carboxylic acids is 1. The van der Waals surface area contributed by atoms with E-state index < -0.39 is 0 Å². The van der Waals surface area contributed by atoms with Crippen molar-refractivity contribution >= 4 is 17.2 Å². The number of hydrogen-bond acceptors (Lipinski definition) is 4. The third-order valence-corrected chi connectivity index (χ3v) is 3.34. The van der Waals surface area contributed by atoms with Gasteiger partial charge in [-0.25, -0.2) is 4.98 Å². The normalized spacial score (nSPS) is 9.74. The smallest absolute Gasteiger partial charge is 0.262 e. The van der Waals surface area contributed by atoms with Gasteiger partial charge in [0.25, 0.3) is 5.91 Å². The van der Waals surface area contributed by atoms with E-state index in [4.69, 9.17) is 5.73 Å². The summed E-state index contributed by atoms with van der Waals surface area (Å²) in [5, 5.41) is 4.72. The third kappa shape index (κ3) is 3.68. The molecule has 0 aromatic carbocycles.